The highest BCUT2D eigenvalue weighted by atomic mass is 16.3. The topological polar surface area (TPSA) is 78.4 Å². The first-order chi connectivity index (χ1) is 9.11. The van der Waals surface area contributed by atoms with Crippen LogP contribution in [-0.4, -0.2) is 52.1 Å². The number of aliphatic hydroxyl groups excluding tert-OH is 1. The lowest BCUT2D eigenvalue weighted by Gasteiger charge is -2.33. The van der Waals surface area contributed by atoms with Gasteiger partial charge in [-0.2, -0.15) is 0 Å². The van der Waals surface area contributed by atoms with Gasteiger partial charge >= 0.3 is 0 Å². The summed E-state index contributed by atoms with van der Waals surface area (Å²) in [4.78, 5) is 22.2. The lowest BCUT2D eigenvalue weighted by Crippen LogP contribution is -2.41. The van der Waals surface area contributed by atoms with Crippen LogP contribution in [0.1, 0.15) is 30.3 Å². The minimum atomic E-state index is -0.299. The normalized spacial score (nSPS) is 18.2. The van der Waals surface area contributed by atoms with Gasteiger partial charge in [0, 0.05) is 20.1 Å². The number of amides is 1. The smallest absolute Gasteiger partial charge is 0.274 e. The number of hydrogen-bond donors (Lipinski definition) is 2. The third-order valence-corrected chi connectivity index (χ3v) is 3.64. The molecule has 19 heavy (non-hydrogen) atoms. The van der Waals surface area contributed by atoms with Gasteiger partial charge < -0.3 is 15.3 Å². The molecule has 1 saturated heterocycles. The zero-order chi connectivity index (χ0) is 13.8. The lowest BCUT2D eigenvalue weighted by atomic mass is 9.92. The molecule has 0 aromatic carbocycles. The number of aromatic nitrogens is 2. The fourth-order valence-electron chi connectivity index (χ4n) is 2.31. The Morgan fingerprint density at radius 1 is 1.42 bits per heavy atom. The van der Waals surface area contributed by atoms with Crippen LogP contribution < -0.4 is 5.32 Å². The van der Waals surface area contributed by atoms with Crippen LogP contribution in [0, 0.1) is 5.92 Å². The van der Waals surface area contributed by atoms with Crippen LogP contribution in [0.3, 0.4) is 0 Å². The van der Waals surface area contributed by atoms with Gasteiger partial charge in [-0.15, -0.1) is 0 Å². The van der Waals surface area contributed by atoms with E-state index in [0.717, 1.165) is 12.8 Å². The fraction of sp³-hybridized carbons (Fsp3) is 0.615. The molecule has 0 saturated carbocycles. The molecule has 0 aliphatic carbocycles. The second-order valence-electron chi connectivity index (χ2n) is 4.91. The van der Waals surface area contributed by atoms with E-state index in [-0.39, 0.29) is 12.0 Å². The van der Waals surface area contributed by atoms with Crippen LogP contribution in [-0.2, 0) is 0 Å². The Bertz CT molecular complexity index is 425. The van der Waals surface area contributed by atoms with Crippen molar-refractivity contribution in [3.8, 4) is 0 Å². The molecule has 0 spiro atoms. The Labute approximate surface area is 112 Å². The Balaban J connectivity index is 1.97. The Morgan fingerprint density at radius 3 is 2.58 bits per heavy atom. The third kappa shape index (κ3) is 3.20. The second-order valence-corrected chi connectivity index (χ2v) is 4.91. The Morgan fingerprint density at radius 2 is 2.11 bits per heavy atom. The van der Waals surface area contributed by atoms with Crippen LogP contribution in [0.5, 0.6) is 0 Å². The van der Waals surface area contributed by atoms with Gasteiger partial charge in [0.05, 0.1) is 18.5 Å². The monoisotopic (exact) mass is 264 g/mol. The molecular weight excluding hydrogens is 244 g/mol. The number of carbonyl (C=O) groups is 1. The van der Waals surface area contributed by atoms with Crippen molar-refractivity contribution in [1.82, 2.24) is 14.9 Å². The molecule has 104 valence electrons. The number of nitrogens with one attached hydrogen (secondary N) is 1. The van der Waals surface area contributed by atoms with Gasteiger partial charge in [0.1, 0.15) is 11.5 Å². The number of nitrogens with zero attached hydrogens (tertiary/aromatic N) is 3. The summed E-state index contributed by atoms with van der Waals surface area (Å²) in [5.41, 5.74) is 0.370. The molecule has 1 aliphatic rings. The summed E-state index contributed by atoms with van der Waals surface area (Å²) in [5.74, 6) is 0.852. The molecule has 2 heterocycles. The van der Waals surface area contributed by atoms with E-state index >= 15 is 0 Å². The van der Waals surface area contributed by atoms with E-state index in [1.54, 1.807) is 18.1 Å². The van der Waals surface area contributed by atoms with E-state index < -0.39 is 0 Å². The van der Waals surface area contributed by atoms with Crippen LogP contribution in [0.25, 0.3) is 0 Å². The summed E-state index contributed by atoms with van der Waals surface area (Å²) in [6.07, 6.45) is 4.42. The predicted octanol–water partition coefficient (Wildman–Crippen LogP) is 0.751. The highest BCUT2D eigenvalue weighted by Gasteiger charge is 2.26. The van der Waals surface area contributed by atoms with E-state index in [0.29, 0.717) is 30.5 Å². The first-order valence-corrected chi connectivity index (χ1v) is 6.59. The number of hydrogen-bond acceptors (Lipinski definition) is 5. The third-order valence-electron chi connectivity index (χ3n) is 3.64. The minimum absolute atomic E-state index is 0.0841. The molecular formula is C13H20N4O2. The Kier molecular flexibility index (Phi) is 4.31. The molecule has 2 N–H and O–H groups in total. The van der Waals surface area contributed by atoms with Crippen LogP contribution >= 0.6 is 0 Å². The Hall–Kier alpha value is -1.69. The van der Waals surface area contributed by atoms with Crippen molar-refractivity contribution in [1.29, 1.82) is 0 Å². The van der Waals surface area contributed by atoms with E-state index in [1.165, 1.54) is 6.20 Å². The summed E-state index contributed by atoms with van der Waals surface area (Å²) in [5, 5.41) is 12.4. The van der Waals surface area contributed by atoms with Crippen molar-refractivity contribution in [3.05, 3.63) is 18.1 Å². The maximum atomic E-state index is 12.2. The molecule has 1 aliphatic heterocycles. The highest BCUT2D eigenvalue weighted by Crippen LogP contribution is 2.21. The van der Waals surface area contributed by atoms with Gasteiger partial charge in [0.15, 0.2) is 0 Å². The van der Waals surface area contributed by atoms with E-state index in [2.05, 4.69) is 15.3 Å². The van der Waals surface area contributed by atoms with Crippen LogP contribution in [0.4, 0.5) is 5.82 Å². The number of likely N-dealkylation sites (tertiary alicyclic amines) is 1. The summed E-state index contributed by atoms with van der Waals surface area (Å²) in [6, 6.07) is 0. The van der Waals surface area contributed by atoms with Crippen molar-refractivity contribution in [2.45, 2.75) is 25.9 Å². The molecule has 0 bridgehead atoms. The maximum absolute atomic E-state index is 12.2. The SMILES string of the molecule is CNc1cnc(C(=O)N2CCC(C(C)O)CC2)cn1. The van der Waals surface area contributed by atoms with Gasteiger partial charge in [-0.1, -0.05) is 0 Å². The largest absolute Gasteiger partial charge is 0.393 e. The average molecular weight is 264 g/mol. The summed E-state index contributed by atoms with van der Waals surface area (Å²) < 4.78 is 0. The quantitative estimate of drug-likeness (QED) is 0.842. The minimum Gasteiger partial charge on any atom is -0.393 e. The lowest BCUT2D eigenvalue weighted by molar-refractivity contribution is 0.0516. The number of aliphatic hydroxyl groups is 1. The first kappa shape index (κ1) is 13.7. The summed E-state index contributed by atoms with van der Waals surface area (Å²) in [7, 11) is 1.76. The van der Waals surface area contributed by atoms with Gasteiger partial charge in [0.25, 0.3) is 5.91 Å². The highest BCUT2D eigenvalue weighted by molar-refractivity contribution is 5.92. The second kappa shape index (κ2) is 5.97. The van der Waals surface area contributed by atoms with Gasteiger partial charge in [-0.25, -0.2) is 9.97 Å². The van der Waals surface area contributed by atoms with Crippen molar-refractivity contribution >= 4 is 11.7 Å². The molecule has 1 amide bonds. The molecule has 1 aromatic rings. The zero-order valence-electron chi connectivity index (χ0n) is 11.3. The molecule has 1 unspecified atom stereocenters. The van der Waals surface area contributed by atoms with Crippen molar-refractivity contribution < 1.29 is 9.90 Å². The maximum Gasteiger partial charge on any atom is 0.274 e. The zero-order valence-corrected chi connectivity index (χ0v) is 11.3. The van der Waals surface area contributed by atoms with Crippen LogP contribution in [0.15, 0.2) is 12.4 Å². The van der Waals surface area contributed by atoms with E-state index in [4.69, 9.17) is 0 Å². The molecule has 0 radical (unpaired) electrons. The molecule has 6 nitrogen and oxygen atoms in total. The number of anilines is 1. The van der Waals surface area contributed by atoms with Gasteiger partial charge in [0.2, 0.25) is 0 Å². The van der Waals surface area contributed by atoms with Gasteiger partial charge in [-0.3, -0.25) is 4.79 Å². The van der Waals surface area contributed by atoms with Crippen LogP contribution in [0.2, 0.25) is 0 Å². The van der Waals surface area contributed by atoms with Gasteiger partial charge in [-0.05, 0) is 25.7 Å². The molecule has 1 aromatic heterocycles. The molecule has 2 rings (SSSR count). The summed E-state index contributed by atoms with van der Waals surface area (Å²) in [6.45, 7) is 3.15. The number of rotatable bonds is 3. The number of carbonyl (C=O) groups excluding carboxylic acids is 1. The van der Waals surface area contributed by atoms with Crippen molar-refractivity contribution in [2.75, 3.05) is 25.5 Å². The molecule has 1 fully saturated rings. The molecule has 1 atom stereocenters. The predicted molar refractivity (Wildman–Crippen MR) is 71.9 cm³/mol. The molecule has 6 heteroatoms. The van der Waals surface area contributed by atoms with E-state index in [1.807, 2.05) is 6.92 Å². The van der Waals surface area contributed by atoms with Crippen molar-refractivity contribution in [2.24, 2.45) is 5.92 Å². The fourth-order valence-corrected chi connectivity index (χ4v) is 2.31. The number of piperidine rings is 1. The first-order valence-electron chi connectivity index (χ1n) is 6.59. The summed E-state index contributed by atoms with van der Waals surface area (Å²) >= 11 is 0. The van der Waals surface area contributed by atoms with E-state index in [9.17, 15) is 9.90 Å². The standard InChI is InChI=1S/C13H20N4O2/c1-9(18)10-3-5-17(6-4-10)13(19)11-7-16-12(14-2)8-15-11/h7-10,18H,3-6H2,1-2H3,(H,14,16). The van der Waals surface area contributed by atoms with Crippen molar-refractivity contribution in [3.63, 3.8) is 0 Å². The average Bonchev–Trinajstić information content (AvgIpc) is 2.46.